The van der Waals surface area contributed by atoms with E-state index in [1.165, 1.54) is 4.90 Å². The molecule has 1 aliphatic heterocycles. The lowest BCUT2D eigenvalue weighted by Crippen LogP contribution is -2.33. The van der Waals surface area contributed by atoms with Crippen LogP contribution in [0.1, 0.15) is 20.3 Å². The molecule has 0 fully saturated rings. The Balaban J connectivity index is 2.52. The summed E-state index contributed by atoms with van der Waals surface area (Å²) in [5, 5.41) is 0. The molecule has 0 bridgehead atoms. The van der Waals surface area contributed by atoms with Crippen molar-refractivity contribution in [1.29, 1.82) is 0 Å². The molecule has 0 saturated heterocycles. The van der Waals surface area contributed by atoms with Crippen molar-refractivity contribution in [2.75, 3.05) is 13.2 Å². The first-order chi connectivity index (χ1) is 7.49. The summed E-state index contributed by atoms with van der Waals surface area (Å²) in [7, 11) is 0. The van der Waals surface area contributed by atoms with Gasteiger partial charge in [-0.05, 0) is 52.1 Å². The molecule has 0 aliphatic carbocycles. The van der Waals surface area contributed by atoms with Crippen molar-refractivity contribution in [2.45, 2.75) is 26.4 Å². The van der Waals surface area contributed by atoms with Crippen LogP contribution < -0.4 is 0 Å². The maximum atomic E-state index is 11.6. The Kier molecular flexibility index (Phi) is 5.14. The zero-order valence-corrected chi connectivity index (χ0v) is 12.3. The molecule has 6 heteroatoms. The Hall–Kier alpha value is -0.200. The summed E-state index contributed by atoms with van der Waals surface area (Å²) in [6.07, 6.45) is 0.690. The van der Waals surface area contributed by atoms with Gasteiger partial charge in [0.2, 0.25) is 0 Å². The highest BCUT2D eigenvalue weighted by atomic mass is 79.9. The zero-order chi connectivity index (χ0) is 12.3. The summed E-state index contributed by atoms with van der Waals surface area (Å²) in [5.74, 6) is -0.582. The molecule has 0 aromatic carbocycles. The van der Waals surface area contributed by atoms with Crippen molar-refractivity contribution in [3.8, 4) is 0 Å². The number of hydrogen-bond acceptors (Lipinski definition) is 3. The number of ether oxygens (including phenoxy) is 1. The van der Waals surface area contributed by atoms with Crippen LogP contribution >= 0.6 is 31.9 Å². The molecule has 0 saturated carbocycles. The van der Waals surface area contributed by atoms with Crippen molar-refractivity contribution < 1.29 is 14.3 Å². The Morgan fingerprint density at radius 1 is 1.25 bits per heavy atom. The van der Waals surface area contributed by atoms with Gasteiger partial charge in [-0.1, -0.05) is 0 Å². The largest absolute Gasteiger partial charge is 0.379 e. The summed E-state index contributed by atoms with van der Waals surface area (Å²) in [5.41, 5.74) is 0. The third kappa shape index (κ3) is 2.93. The number of halogens is 2. The van der Waals surface area contributed by atoms with E-state index in [9.17, 15) is 9.59 Å². The van der Waals surface area contributed by atoms with Crippen molar-refractivity contribution in [3.05, 3.63) is 8.96 Å². The molecule has 1 atom stereocenters. The first-order valence-electron chi connectivity index (χ1n) is 5.02. The van der Waals surface area contributed by atoms with E-state index in [4.69, 9.17) is 4.74 Å². The molecule has 1 heterocycles. The standard InChI is InChI=1S/C10H13Br2NO3/c1-3-16-6(2)4-5-13-9(14)7(11)8(12)10(13)15/h6H,3-5H2,1-2H3. The van der Waals surface area contributed by atoms with E-state index < -0.39 is 0 Å². The van der Waals surface area contributed by atoms with E-state index in [2.05, 4.69) is 31.9 Å². The molecule has 0 radical (unpaired) electrons. The third-order valence-electron chi connectivity index (χ3n) is 2.27. The second-order valence-electron chi connectivity index (χ2n) is 3.44. The molecule has 1 aliphatic rings. The number of carbonyl (C=O) groups excluding carboxylic acids is 2. The lowest BCUT2D eigenvalue weighted by atomic mass is 10.2. The highest BCUT2D eigenvalue weighted by Crippen LogP contribution is 2.29. The maximum absolute atomic E-state index is 11.6. The minimum absolute atomic E-state index is 0.0451. The zero-order valence-electron chi connectivity index (χ0n) is 9.13. The Bertz CT molecular complexity index is 317. The van der Waals surface area contributed by atoms with Gasteiger partial charge in [0, 0.05) is 13.2 Å². The summed E-state index contributed by atoms with van der Waals surface area (Å²) in [4.78, 5) is 24.5. The minimum atomic E-state index is -0.291. The monoisotopic (exact) mass is 353 g/mol. The molecule has 90 valence electrons. The van der Waals surface area contributed by atoms with Gasteiger partial charge in [-0.25, -0.2) is 0 Å². The molecule has 0 aromatic heterocycles. The summed E-state index contributed by atoms with van der Waals surface area (Å²) in [6.45, 7) is 4.85. The first kappa shape index (κ1) is 13.9. The van der Waals surface area contributed by atoms with Gasteiger partial charge in [0.25, 0.3) is 11.8 Å². The van der Waals surface area contributed by atoms with Crippen molar-refractivity contribution in [2.24, 2.45) is 0 Å². The lowest BCUT2D eigenvalue weighted by molar-refractivity contribution is -0.137. The van der Waals surface area contributed by atoms with Crippen LogP contribution in [0.4, 0.5) is 0 Å². The number of rotatable bonds is 5. The van der Waals surface area contributed by atoms with Gasteiger partial charge in [0.15, 0.2) is 0 Å². The molecule has 16 heavy (non-hydrogen) atoms. The minimum Gasteiger partial charge on any atom is -0.379 e. The number of imide groups is 1. The fourth-order valence-electron chi connectivity index (χ4n) is 1.40. The number of amides is 2. The Morgan fingerprint density at radius 3 is 2.19 bits per heavy atom. The maximum Gasteiger partial charge on any atom is 0.269 e. The fraction of sp³-hybridized carbons (Fsp3) is 0.600. The quantitative estimate of drug-likeness (QED) is 0.711. The van der Waals surface area contributed by atoms with Crippen LogP contribution in [0.2, 0.25) is 0 Å². The van der Waals surface area contributed by atoms with Crippen molar-refractivity contribution in [3.63, 3.8) is 0 Å². The van der Waals surface area contributed by atoms with Gasteiger partial charge < -0.3 is 4.74 Å². The first-order valence-corrected chi connectivity index (χ1v) is 6.60. The summed E-state index contributed by atoms with van der Waals surface area (Å²) in [6, 6.07) is 0. The van der Waals surface area contributed by atoms with E-state index in [1.54, 1.807) is 0 Å². The fourth-order valence-corrected chi connectivity index (χ4v) is 2.17. The molecule has 1 unspecified atom stereocenters. The highest BCUT2D eigenvalue weighted by Gasteiger charge is 2.35. The molecule has 1 rings (SSSR count). The predicted molar refractivity (Wildman–Crippen MR) is 67.3 cm³/mol. The Labute approximate surface area is 111 Å². The molecular weight excluding hydrogens is 342 g/mol. The van der Waals surface area contributed by atoms with E-state index >= 15 is 0 Å². The van der Waals surface area contributed by atoms with Gasteiger partial charge in [-0.15, -0.1) is 0 Å². The van der Waals surface area contributed by atoms with Crippen LogP contribution in [0, 0.1) is 0 Å². The SMILES string of the molecule is CCOC(C)CCN1C(=O)C(Br)=C(Br)C1=O. The van der Waals surface area contributed by atoms with E-state index in [-0.39, 0.29) is 17.9 Å². The molecular formula is C10H13Br2NO3. The van der Waals surface area contributed by atoms with Gasteiger partial charge >= 0.3 is 0 Å². The van der Waals surface area contributed by atoms with Crippen molar-refractivity contribution >= 4 is 43.7 Å². The van der Waals surface area contributed by atoms with Gasteiger partial charge in [0.1, 0.15) is 8.96 Å². The number of carbonyl (C=O) groups is 2. The van der Waals surface area contributed by atoms with E-state index in [0.717, 1.165) is 0 Å². The van der Waals surface area contributed by atoms with Crippen LogP contribution in [0.25, 0.3) is 0 Å². The lowest BCUT2D eigenvalue weighted by Gasteiger charge is -2.17. The van der Waals surface area contributed by atoms with E-state index in [1.807, 2.05) is 13.8 Å². The number of hydrogen-bond donors (Lipinski definition) is 0. The van der Waals surface area contributed by atoms with Crippen LogP contribution in [-0.4, -0.2) is 36.0 Å². The Morgan fingerprint density at radius 2 is 1.75 bits per heavy atom. The van der Waals surface area contributed by atoms with Crippen LogP contribution in [-0.2, 0) is 14.3 Å². The van der Waals surface area contributed by atoms with Crippen molar-refractivity contribution in [1.82, 2.24) is 4.90 Å². The second kappa shape index (κ2) is 5.93. The highest BCUT2D eigenvalue weighted by molar-refractivity contribution is 9.14. The summed E-state index contributed by atoms with van der Waals surface area (Å²) >= 11 is 6.15. The molecule has 0 aromatic rings. The predicted octanol–water partition coefficient (Wildman–Crippen LogP) is 2.17. The average Bonchev–Trinajstić information content (AvgIpc) is 2.42. The second-order valence-corrected chi connectivity index (χ2v) is 5.03. The van der Waals surface area contributed by atoms with Gasteiger partial charge in [-0.3, -0.25) is 14.5 Å². The van der Waals surface area contributed by atoms with Crippen LogP contribution in [0.5, 0.6) is 0 Å². The van der Waals surface area contributed by atoms with Gasteiger partial charge in [-0.2, -0.15) is 0 Å². The van der Waals surface area contributed by atoms with Crippen LogP contribution in [0.15, 0.2) is 8.96 Å². The molecule has 0 N–H and O–H groups in total. The third-order valence-corrected chi connectivity index (χ3v) is 4.27. The smallest absolute Gasteiger partial charge is 0.269 e. The normalized spacial score (nSPS) is 18.6. The summed E-state index contributed by atoms with van der Waals surface area (Å²) < 4.78 is 5.93. The molecule has 0 spiro atoms. The molecule has 4 nitrogen and oxygen atoms in total. The van der Waals surface area contributed by atoms with Gasteiger partial charge in [0.05, 0.1) is 6.10 Å². The van der Waals surface area contributed by atoms with Crippen LogP contribution in [0.3, 0.4) is 0 Å². The van der Waals surface area contributed by atoms with E-state index in [0.29, 0.717) is 28.5 Å². The number of nitrogens with zero attached hydrogens (tertiary/aromatic N) is 1. The topological polar surface area (TPSA) is 46.6 Å². The molecule has 2 amide bonds. The average molecular weight is 355 g/mol.